The van der Waals surface area contributed by atoms with E-state index in [2.05, 4.69) is 0 Å². The second-order valence-electron chi connectivity index (χ2n) is 7.95. The van der Waals surface area contributed by atoms with Crippen molar-refractivity contribution in [3.63, 3.8) is 0 Å². The third-order valence-corrected chi connectivity index (χ3v) is 6.13. The Hall–Kier alpha value is -3.45. The highest BCUT2D eigenvalue weighted by molar-refractivity contribution is 6.31. The van der Waals surface area contributed by atoms with E-state index in [0.29, 0.717) is 34.6 Å². The monoisotopic (exact) mass is 485 g/mol. The van der Waals surface area contributed by atoms with Crippen molar-refractivity contribution in [2.24, 2.45) is 5.73 Å². The van der Waals surface area contributed by atoms with Gasteiger partial charge in [-0.2, -0.15) is 0 Å². The van der Waals surface area contributed by atoms with Crippen LogP contribution in [0.1, 0.15) is 43.1 Å². The smallest absolute Gasteiger partial charge is 0.264 e. The number of aryl methyl sites for hydroxylation is 1. The van der Waals surface area contributed by atoms with Gasteiger partial charge in [-0.1, -0.05) is 30.2 Å². The Morgan fingerprint density at radius 1 is 1.18 bits per heavy atom. The van der Waals surface area contributed by atoms with Gasteiger partial charge in [0.05, 0.1) is 10.7 Å². The number of halogens is 3. The summed E-state index contributed by atoms with van der Waals surface area (Å²) in [4.78, 5) is 28.4. The summed E-state index contributed by atoms with van der Waals surface area (Å²) < 4.78 is 28.9. The van der Waals surface area contributed by atoms with Crippen molar-refractivity contribution in [1.29, 1.82) is 0 Å². The van der Waals surface area contributed by atoms with Gasteiger partial charge in [0.2, 0.25) is 5.91 Å². The van der Waals surface area contributed by atoms with Crippen LogP contribution in [0.4, 0.5) is 20.2 Å². The van der Waals surface area contributed by atoms with Crippen LogP contribution in [-0.2, 0) is 4.79 Å². The van der Waals surface area contributed by atoms with Crippen LogP contribution in [0.15, 0.2) is 65.4 Å². The zero-order chi connectivity index (χ0) is 25.2. The largest absolute Gasteiger partial charge is 0.366 e. The predicted octanol–water partition coefficient (Wildman–Crippen LogP) is 6.15. The van der Waals surface area contributed by atoms with Gasteiger partial charge in [-0.25, -0.2) is 8.78 Å². The number of nitrogens with zero attached hydrogens (tertiary/aromatic N) is 2. The van der Waals surface area contributed by atoms with Gasteiger partial charge < -0.3 is 10.6 Å². The van der Waals surface area contributed by atoms with Crippen LogP contribution in [-0.4, -0.2) is 23.4 Å². The van der Waals surface area contributed by atoms with E-state index in [-0.39, 0.29) is 17.3 Å². The molecular weight excluding hydrogens is 460 g/mol. The molecule has 178 valence electrons. The maximum Gasteiger partial charge on any atom is 0.264 e. The highest BCUT2D eigenvalue weighted by atomic mass is 35.5. The maximum absolute atomic E-state index is 15.1. The van der Waals surface area contributed by atoms with Crippen LogP contribution in [0.5, 0.6) is 0 Å². The van der Waals surface area contributed by atoms with Gasteiger partial charge in [-0.05, 0) is 75.2 Å². The Morgan fingerprint density at radius 3 is 2.44 bits per heavy atom. The molecule has 0 saturated carbocycles. The summed E-state index contributed by atoms with van der Waals surface area (Å²) in [5, 5.41) is -0.181. The minimum absolute atomic E-state index is 0.0335. The van der Waals surface area contributed by atoms with Gasteiger partial charge in [0.15, 0.2) is 5.82 Å². The van der Waals surface area contributed by atoms with Gasteiger partial charge in [0.1, 0.15) is 18.0 Å². The highest BCUT2D eigenvalue weighted by Crippen LogP contribution is 2.39. The summed E-state index contributed by atoms with van der Waals surface area (Å²) in [7, 11) is 0. The van der Waals surface area contributed by atoms with E-state index in [1.165, 1.54) is 23.1 Å². The SMILES string of the molecule is C\C=C(/C=C\C(C(N)=O)=C(/C)CC)N1CN(c2ccc(F)cc2C)c2ccc(Cl)c(F)c2C1=O. The molecule has 2 N–H and O–H groups in total. The van der Waals surface area contributed by atoms with E-state index in [0.717, 1.165) is 5.57 Å². The minimum atomic E-state index is -0.836. The fourth-order valence-electron chi connectivity index (χ4n) is 3.85. The molecule has 8 heteroatoms. The van der Waals surface area contributed by atoms with Crippen LogP contribution in [0.2, 0.25) is 5.02 Å². The van der Waals surface area contributed by atoms with Crippen molar-refractivity contribution < 1.29 is 18.4 Å². The van der Waals surface area contributed by atoms with Crippen LogP contribution in [0, 0.1) is 18.6 Å². The molecule has 2 aromatic carbocycles. The zero-order valence-electron chi connectivity index (χ0n) is 19.5. The number of benzene rings is 2. The van der Waals surface area contributed by atoms with E-state index in [1.54, 1.807) is 56.0 Å². The van der Waals surface area contributed by atoms with Crippen LogP contribution in [0.3, 0.4) is 0 Å². The predicted molar refractivity (Wildman–Crippen MR) is 131 cm³/mol. The Kier molecular flexibility index (Phi) is 7.57. The fraction of sp³-hybridized carbons (Fsp3) is 0.231. The third kappa shape index (κ3) is 4.75. The second-order valence-corrected chi connectivity index (χ2v) is 8.35. The number of anilines is 2. The number of nitrogens with two attached hydrogens (primary N) is 1. The Labute approximate surface area is 202 Å². The van der Waals surface area contributed by atoms with Crippen molar-refractivity contribution >= 4 is 34.8 Å². The molecule has 0 fully saturated rings. The molecule has 0 unspecified atom stereocenters. The molecule has 0 atom stereocenters. The molecule has 1 aliphatic rings. The molecule has 0 bridgehead atoms. The first kappa shape index (κ1) is 25.2. The van der Waals surface area contributed by atoms with Crippen molar-refractivity contribution in [2.45, 2.75) is 34.1 Å². The van der Waals surface area contributed by atoms with Crippen molar-refractivity contribution in [3.8, 4) is 0 Å². The Balaban J connectivity index is 2.15. The Bertz CT molecular complexity index is 1250. The molecule has 2 aromatic rings. The van der Waals surface area contributed by atoms with Gasteiger partial charge in [0.25, 0.3) is 5.91 Å². The standard InChI is InChI=1S/C26H26ClF2N3O2/c1-5-15(3)19(25(30)33)9-8-18(6-2)31-14-32(21-11-7-17(28)13-16(21)4)22-12-10-20(27)24(29)23(22)26(31)34/h6-13H,5,14H2,1-4H3,(H2,30,33)/b9-8-,18-6+,19-15-. The molecule has 2 amide bonds. The lowest BCUT2D eigenvalue weighted by atomic mass is 10.0. The molecule has 5 nitrogen and oxygen atoms in total. The van der Waals surface area contributed by atoms with Crippen LogP contribution in [0.25, 0.3) is 0 Å². The first-order valence-electron chi connectivity index (χ1n) is 10.8. The molecule has 0 spiro atoms. The molecule has 0 saturated heterocycles. The lowest BCUT2D eigenvalue weighted by Gasteiger charge is -2.39. The van der Waals surface area contributed by atoms with Gasteiger partial charge in [0, 0.05) is 17.0 Å². The summed E-state index contributed by atoms with van der Waals surface area (Å²) in [5.74, 6) is -2.40. The number of amides is 2. The van der Waals surface area contributed by atoms with Gasteiger partial charge >= 0.3 is 0 Å². The quantitative estimate of drug-likeness (QED) is 0.394. The minimum Gasteiger partial charge on any atom is -0.366 e. The summed E-state index contributed by atoms with van der Waals surface area (Å²) in [5.41, 5.74) is 8.47. The first-order chi connectivity index (χ1) is 16.1. The number of rotatable bonds is 6. The average Bonchev–Trinajstić information content (AvgIpc) is 2.79. The lowest BCUT2D eigenvalue weighted by Crippen LogP contribution is -2.44. The molecule has 1 heterocycles. The van der Waals surface area contributed by atoms with Gasteiger partial charge in [-0.15, -0.1) is 0 Å². The molecule has 34 heavy (non-hydrogen) atoms. The van der Waals surface area contributed by atoms with E-state index in [4.69, 9.17) is 17.3 Å². The van der Waals surface area contributed by atoms with Crippen LogP contribution >= 0.6 is 11.6 Å². The normalized spacial score (nSPS) is 15.0. The topological polar surface area (TPSA) is 66.6 Å². The van der Waals surface area contributed by atoms with Crippen molar-refractivity contribution in [3.05, 3.63) is 93.2 Å². The molecule has 0 aromatic heterocycles. The molecule has 3 rings (SSSR count). The zero-order valence-corrected chi connectivity index (χ0v) is 20.2. The molecule has 0 aliphatic carbocycles. The third-order valence-electron chi connectivity index (χ3n) is 5.84. The summed E-state index contributed by atoms with van der Waals surface area (Å²) in [6.45, 7) is 7.21. The summed E-state index contributed by atoms with van der Waals surface area (Å²) >= 11 is 6.01. The molecule has 0 radical (unpaired) electrons. The van der Waals surface area contributed by atoms with Crippen LogP contribution < -0.4 is 10.6 Å². The number of hydrogen-bond donors (Lipinski definition) is 1. The fourth-order valence-corrected chi connectivity index (χ4v) is 4.01. The van der Waals surface area contributed by atoms with Crippen molar-refractivity contribution in [1.82, 2.24) is 4.90 Å². The number of allylic oxidation sites excluding steroid dienone is 3. The van der Waals surface area contributed by atoms with Gasteiger partial charge in [-0.3, -0.25) is 14.5 Å². The van der Waals surface area contributed by atoms with E-state index >= 15 is 4.39 Å². The lowest BCUT2D eigenvalue weighted by molar-refractivity contribution is -0.114. The van der Waals surface area contributed by atoms with E-state index in [9.17, 15) is 14.0 Å². The number of carbonyl (C=O) groups is 2. The average molecular weight is 486 g/mol. The number of fused-ring (bicyclic) bond motifs is 1. The summed E-state index contributed by atoms with van der Waals surface area (Å²) in [6.07, 6.45) is 5.46. The Morgan fingerprint density at radius 2 is 1.85 bits per heavy atom. The maximum atomic E-state index is 15.1. The summed E-state index contributed by atoms with van der Waals surface area (Å²) in [6, 6.07) is 7.22. The number of primary amides is 1. The van der Waals surface area contributed by atoms with E-state index < -0.39 is 23.4 Å². The second kappa shape index (κ2) is 10.2. The highest BCUT2D eigenvalue weighted by Gasteiger charge is 2.35. The number of carbonyl (C=O) groups excluding carboxylic acids is 2. The van der Waals surface area contributed by atoms with Crippen molar-refractivity contribution in [2.75, 3.05) is 11.6 Å². The number of hydrogen-bond acceptors (Lipinski definition) is 3. The molecule has 1 aliphatic heterocycles. The van der Waals surface area contributed by atoms with E-state index in [1.807, 2.05) is 6.92 Å². The first-order valence-corrected chi connectivity index (χ1v) is 11.2. The molecular formula is C26H26ClF2N3O2.